The standard InChI is InChI=1S/C58H57N3O7S/c1-38-18-26-48-43(36-38)21-28-50-54(48)57(4,5)52(59(50)32-34-67-39(2)62)30-23-41-19-20-42(56(41)61(45-14-10-8-11-15-45)46-16-12-9-13-17-46)24-31-53-58(6,7)55-49-27-25-47(69(64,65)66)37-44(49)22-29-51(55)60(53)33-35-68-40(3)63/h8-18,21-31,36-37H,19-20,32-35H2,1-7H3/p+1. The van der Waals surface area contributed by atoms with E-state index in [0.29, 0.717) is 18.5 Å². The molecule has 6 aromatic rings. The van der Waals surface area contributed by atoms with Crippen LogP contribution in [0.2, 0.25) is 0 Å². The van der Waals surface area contributed by atoms with E-state index in [0.717, 1.165) is 74.8 Å². The van der Waals surface area contributed by atoms with E-state index >= 15 is 0 Å². The van der Waals surface area contributed by atoms with Crippen LogP contribution in [-0.2, 0) is 40.0 Å². The number of fused-ring (bicyclic) bond motifs is 6. The van der Waals surface area contributed by atoms with Gasteiger partial charge in [-0.3, -0.25) is 14.1 Å². The molecule has 2 heterocycles. The Balaban J connectivity index is 1.22. The van der Waals surface area contributed by atoms with Gasteiger partial charge in [0.15, 0.2) is 18.9 Å². The highest BCUT2D eigenvalue weighted by atomic mass is 32.2. The molecule has 69 heavy (non-hydrogen) atoms. The molecule has 0 fully saturated rings. The van der Waals surface area contributed by atoms with E-state index in [1.165, 1.54) is 47.9 Å². The molecule has 2 aliphatic heterocycles. The number of nitrogens with zero attached hydrogens (tertiary/aromatic N) is 3. The molecule has 0 radical (unpaired) electrons. The Kier molecular flexibility index (Phi) is 12.6. The average Bonchev–Trinajstić information content (AvgIpc) is 3.88. The maximum absolute atomic E-state index is 12.2. The van der Waals surface area contributed by atoms with Crippen molar-refractivity contribution in [3.05, 3.63) is 185 Å². The Morgan fingerprint density at radius 1 is 0.725 bits per heavy atom. The summed E-state index contributed by atoms with van der Waals surface area (Å²) in [6, 6.07) is 40.4. The first kappa shape index (κ1) is 47.0. The molecule has 0 amide bonds. The van der Waals surface area contributed by atoms with Gasteiger partial charge in [-0.05, 0) is 126 Å². The van der Waals surface area contributed by atoms with Crippen LogP contribution in [0.15, 0.2) is 173 Å². The highest BCUT2D eigenvalue weighted by molar-refractivity contribution is 7.85. The molecule has 0 unspecified atom stereocenters. The molecule has 1 aliphatic carbocycles. The van der Waals surface area contributed by atoms with Gasteiger partial charge in [-0.25, -0.2) is 0 Å². The molecule has 0 saturated carbocycles. The molecule has 9 rings (SSSR count). The van der Waals surface area contributed by atoms with Crippen molar-refractivity contribution in [2.45, 2.75) is 77.0 Å². The largest absolute Gasteiger partial charge is 0.464 e. The minimum atomic E-state index is -4.41. The van der Waals surface area contributed by atoms with Crippen LogP contribution >= 0.6 is 0 Å². The van der Waals surface area contributed by atoms with Crippen LogP contribution in [0.1, 0.15) is 71.1 Å². The van der Waals surface area contributed by atoms with Gasteiger partial charge in [-0.1, -0.05) is 98.3 Å². The number of anilines is 3. The highest BCUT2D eigenvalue weighted by Crippen LogP contribution is 2.52. The number of carbonyl (C=O) groups is 2. The Bertz CT molecular complexity index is 3290. The summed E-state index contributed by atoms with van der Waals surface area (Å²) in [5.41, 5.74) is 12.0. The molecule has 3 aliphatic rings. The summed E-state index contributed by atoms with van der Waals surface area (Å²) in [5, 5.41) is 3.95. The predicted molar refractivity (Wildman–Crippen MR) is 275 cm³/mol. The Hall–Kier alpha value is -7.08. The fraction of sp³-hybridized carbons (Fsp3) is 0.259. The Morgan fingerprint density at radius 2 is 1.35 bits per heavy atom. The van der Waals surface area contributed by atoms with Crippen LogP contribution < -0.4 is 9.80 Å². The average molecular weight is 941 g/mol. The lowest BCUT2D eigenvalue weighted by Gasteiger charge is -2.29. The second-order valence-corrected chi connectivity index (χ2v) is 20.5. The van der Waals surface area contributed by atoms with Crippen molar-refractivity contribution in [3.8, 4) is 0 Å². The highest BCUT2D eigenvalue weighted by Gasteiger charge is 2.46. The summed E-state index contributed by atoms with van der Waals surface area (Å²) in [7, 11) is -4.41. The number of rotatable bonds is 13. The molecule has 6 aromatic carbocycles. The van der Waals surface area contributed by atoms with Gasteiger partial charge in [-0.15, -0.1) is 0 Å². The van der Waals surface area contributed by atoms with Crippen LogP contribution in [0.5, 0.6) is 0 Å². The number of esters is 2. The molecule has 10 nitrogen and oxygen atoms in total. The van der Waals surface area contributed by atoms with Crippen molar-refractivity contribution < 1.29 is 36.6 Å². The molecular weight excluding hydrogens is 883 g/mol. The number of hydrogen-bond donors (Lipinski definition) is 1. The first-order valence-corrected chi connectivity index (χ1v) is 24.9. The molecule has 0 saturated heterocycles. The predicted octanol–water partition coefficient (Wildman–Crippen LogP) is 12.1. The summed E-state index contributed by atoms with van der Waals surface area (Å²) in [6.45, 7) is 15.2. The summed E-state index contributed by atoms with van der Waals surface area (Å²) < 4.78 is 47.6. The third-order valence-electron chi connectivity index (χ3n) is 13.8. The van der Waals surface area contributed by atoms with Gasteiger partial charge in [0.25, 0.3) is 10.1 Å². The molecule has 1 N–H and O–H groups in total. The van der Waals surface area contributed by atoms with E-state index in [9.17, 15) is 22.6 Å². The zero-order valence-corrected chi connectivity index (χ0v) is 41.1. The number of aryl methyl sites for hydroxylation is 1. The number of benzene rings is 6. The lowest BCUT2D eigenvalue weighted by Crippen LogP contribution is -2.29. The summed E-state index contributed by atoms with van der Waals surface area (Å²) in [6.07, 6.45) is 10.5. The minimum Gasteiger partial charge on any atom is -0.464 e. The third-order valence-corrected chi connectivity index (χ3v) is 14.6. The number of para-hydroxylation sites is 2. The number of ether oxygens (including phenoxy) is 2. The van der Waals surface area contributed by atoms with Crippen LogP contribution in [0, 0.1) is 6.92 Å². The van der Waals surface area contributed by atoms with Gasteiger partial charge < -0.3 is 19.3 Å². The van der Waals surface area contributed by atoms with Gasteiger partial charge in [-0.2, -0.15) is 13.0 Å². The summed E-state index contributed by atoms with van der Waals surface area (Å²) >= 11 is 0. The second kappa shape index (κ2) is 18.4. The summed E-state index contributed by atoms with van der Waals surface area (Å²) in [5.74, 6) is -0.670. The van der Waals surface area contributed by atoms with Crippen molar-refractivity contribution in [3.63, 3.8) is 0 Å². The maximum Gasteiger partial charge on any atom is 0.302 e. The van der Waals surface area contributed by atoms with Crippen LogP contribution in [0.4, 0.5) is 22.7 Å². The molecule has 352 valence electrons. The first-order chi connectivity index (χ1) is 32.9. The number of hydrogen-bond acceptors (Lipinski definition) is 8. The molecule has 0 bridgehead atoms. The summed E-state index contributed by atoms with van der Waals surface area (Å²) in [4.78, 5) is 28.4. The fourth-order valence-corrected chi connectivity index (χ4v) is 11.2. The fourth-order valence-electron chi connectivity index (χ4n) is 10.7. The maximum atomic E-state index is 12.2. The zero-order valence-electron chi connectivity index (χ0n) is 40.2. The minimum absolute atomic E-state index is 0.164. The van der Waals surface area contributed by atoms with E-state index < -0.39 is 20.9 Å². The molecule has 0 aromatic heterocycles. The first-order valence-electron chi connectivity index (χ1n) is 23.5. The number of allylic oxidation sites excluding steroid dienone is 7. The SMILES string of the molecule is CC(=O)OCCN1/C(=C/C=C2\CCC(/C=C/C3=[N+](CCOC(C)=O)c4ccc5cc(C)ccc5c4C3(C)C)=C2N(c2ccccc2)c2ccccc2)C(C)(C)c2c1ccc1cc(S(=O)(=O)O)ccc21. The molecule has 11 heteroatoms. The van der Waals surface area contributed by atoms with Gasteiger partial charge in [0, 0.05) is 59.7 Å². The quantitative estimate of drug-likeness (QED) is 0.0686. The molecule has 0 spiro atoms. The van der Waals surface area contributed by atoms with Crippen molar-refractivity contribution in [2.24, 2.45) is 0 Å². The van der Waals surface area contributed by atoms with E-state index in [1.54, 1.807) is 6.07 Å². The smallest absolute Gasteiger partial charge is 0.302 e. The van der Waals surface area contributed by atoms with E-state index in [4.69, 9.17) is 9.47 Å². The second-order valence-electron chi connectivity index (χ2n) is 19.1. The van der Waals surface area contributed by atoms with Crippen molar-refractivity contribution in [2.75, 3.05) is 36.1 Å². The van der Waals surface area contributed by atoms with Gasteiger partial charge in [0.05, 0.1) is 22.6 Å². The Labute approximate surface area is 404 Å². The van der Waals surface area contributed by atoms with E-state index in [1.807, 2.05) is 24.3 Å². The normalized spacial score (nSPS) is 17.4. The van der Waals surface area contributed by atoms with Crippen molar-refractivity contribution >= 4 is 72.1 Å². The van der Waals surface area contributed by atoms with Gasteiger partial charge in [0.1, 0.15) is 6.61 Å². The number of carbonyl (C=O) groups excluding carboxylic acids is 2. The van der Waals surface area contributed by atoms with Crippen molar-refractivity contribution in [1.29, 1.82) is 0 Å². The zero-order chi connectivity index (χ0) is 48.8. The van der Waals surface area contributed by atoms with Crippen LogP contribution in [0.25, 0.3) is 21.5 Å². The molecule has 0 atom stereocenters. The van der Waals surface area contributed by atoms with E-state index in [-0.39, 0.29) is 30.0 Å². The van der Waals surface area contributed by atoms with Crippen molar-refractivity contribution in [1.82, 2.24) is 0 Å². The van der Waals surface area contributed by atoms with Gasteiger partial charge in [0.2, 0.25) is 5.69 Å². The van der Waals surface area contributed by atoms with Crippen LogP contribution in [0.3, 0.4) is 0 Å². The monoisotopic (exact) mass is 940 g/mol. The lowest BCUT2D eigenvalue weighted by molar-refractivity contribution is -0.440. The topological polar surface area (TPSA) is 116 Å². The molecular formula is C58H58N3O7S+. The van der Waals surface area contributed by atoms with Crippen LogP contribution in [-0.4, -0.2) is 61.5 Å². The van der Waals surface area contributed by atoms with E-state index in [2.05, 4.69) is 152 Å². The van der Waals surface area contributed by atoms with Gasteiger partial charge >= 0.3 is 11.9 Å². The Morgan fingerprint density at radius 3 is 2.01 bits per heavy atom. The lowest BCUT2D eigenvalue weighted by atomic mass is 9.78. The third kappa shape index (κ3) is 8.93.